The average molecular weight is 509 g/mol. The van der Waals surface area contributed by atoms with Crippen LogP contribution in [0.3, 0.4) is 0 Å². The van der Waals surface area contributed by atoms with Gasteiger partial charge in [0, 0.05) is 23.6 Å². The third-order valence-electron chi connectivity index (χ3n) is 7.46. The molecule has 2 unspecified atom stereocenters. The first-order valence-corrected chi connectivity index (χ1v) is 12.2. The minimum absolute atomic E-state index is 0.0450. The van der Waals surface area contributed by atoms with Crippen LogP contribution in [0.25, 0.3) is 16.7 Å². The lowest BCUT2D eigenvalue weighted by Crippen LogP contribution is -2.43. The molecule has 0 spiro atoms. The van der Waals surface area contributed by atoms with Gasteiger partial charge < -0.3 is 9.47 Å². The molecule has 1 saturated heterocycles. The fourth-order valence-electron chi connectivity index (χ4n) is 5.94. The molecule has 2 heterocycles. The highest BCUT2D eigenvalue weighted by Gasteiger charge is 2.42. The molecule has 8 heteroatoms. The monoisotopic (exact) mass is 509 g/mol. The quantitative estimate of drug-likeness (QED) is 0.347. The summed E-state index contributed by atoms with van der Waals surface area (Å²) in [4.78, 5) is 14.9. The van der Waals surface area contributed by atoms with E-state index in [0.29, 0.717) is 12.0 Å². The Morgan fingerprint density at radius 2 is 1.59 bits per heavy atom. The first-order chi connectivity index (χ1) is 17.8. The van der Waals surface area contributed by atoms with Crippen LogP contribution in [0, 0.1) is 5.82 Å². The number of hydrogen-bond acceptors (Lipinski definition) is 3. The number of fused-ring (bicyclic) bond motifs is 5. The van der Waals surface area contributed by atoms with Crippen molar-refractivity contribution in [2.45, 2.75) is 43.6 Å². The second-order valence-corrected chi connectivity index (χ2v) is 9.60. The Labute approximate surface area is 211 Å². The number of amides is 1. The van der Waals surface area contributed by atoms with Crippen molar-refractivity contribution in [2.75, 3.05) is 6.61 Å². The van der Waals surface area contributed by atoms with E-state index in [4.69, 9.17) is 4.74 Å². The lowest BCUT2D eigenvalue weighted by Gasteiger charge is -2.33. The summed E-state index contributed by atoms with van der Waals surface area (Å²) in [6, 6.07) is 19.0. The molecule has 3 aromatic rings. The summed E-state index contributed by atoms with van der Waals surface area (Å²) in [5, 5.41) is 0. The molecule has 1 aliphatic carbocycles. The van der Waals surface area contributed by atoms with Gasteiger partial charge >= 0.3 is 12.5 Å². The summed E-state index contributed by atoms with van der Waals surface area (Å²) >= 11 is 0. The Hall–Kier alpha value is -3.81. The van der Waals surface area contributed by atoms with Crippen LogP contribution in [-0.4, -0.2) is 36.0 Å². The standard InChI is InChI=1S/C29H23F4NO3/c30-27-15-20(37-29(31,32)33)11-12-21(27)17-13-18-9-10-19(14-17)34(18)28(35)36-16-26-24-7-3-1-5-22(24)23-6-2-4-8-25(23)26/h1-8,11-13,15,18-19,26H,9-10,14,16H2. The molecule has 2 bridgehead atoms. The molecule has 0 radical (unpaired) electrons. The van der Waals surface area contributed by atoms with E-state index >= 15 is 0 Å². The zero-order valence-corrected chi connectivity index (χ0v) is 19.7. The number of alkyl halides is 3. The number of rotatable bonds is 4. The molecule has 37 heavy (non-hydrogen) atoms. The van der Waals surface area contributed by atoms with E-state index in [-0.39, 0.29) is 30.2 Å². The van der Waals surface area contributed by atoms with Gasteiger partial charge in [0.25, 0.3) is 0 Å². The Bertz CT molecular complexity index is 1350. The predicted octanol–water partition coefficient (Wildman–Crippen LogP) is 7.29. The second kappa shape index (κ2) is 8.94. The average Bonchev–Trinajstić information content (AvgIpc) is 3.32. The number of carbonyl (C=O) groups excluding carboxylic acids is 1. The summed E-state index contributed by atoms with van der Waals surface area (Å²) in [6.07, 6.45) is -1.61. The van der Waals surface area contributed by atoms with E-state index in [0.717, 1.165) is 47.2 Å². The molecule has 0 saturated carbocycles. The van der Waals surface area contributed by atoms with Gasteiger partial charge in [-0.05, 0) is 59.2 Å². The van der Waals surface area contributed by atoms with E-state index in [1.54, 1.807) is 4.90 Å². The molecule has 6 rings (SSSR count). The van der Waals surface area contributed by atoms with Gasteiger partial charge in [-0.2, -0.15) is 0 Å². The summed E-state index contributed by atoms with van der Waals surface area (Å²) < 4.78 is 61.7. The van der Waals surface area contributed by atoms with Crippen molar-refractivity contribution in [3.63, 3.8) is 0 Å². The molecule has 3 aromatic carbocycles. The predicted molar refractivity (Wildman–Crippen MR) is 129 cm³/mol. The summed E-state index contributed by atoms with van der Waals surface area (Å²) in [7, 11) is 0. The van der Waals surface area contributed by atoms with Crippen LogP contribution in [0.1, 0.15) is 41.9 Å². The number of halogens is 4. The topological polar surface area (TPSA) is 38.8 Å². The molecule has 3 aliphatic rings. The Kier molecular flexibility index (Phi) is 5.70. The maximum Gasteiger partial charge on any atom is 0.573 e. The summed E-state index contributed by atoms with van der Waals surface area (Å²) in [6.45, 7) is 0.217. The van der Waals surface area contributed by atoms with E-state index in [2.05, 4.69) is 29.0 Å². The van der Waals surface area contributed by atoms with Gasteiger partial charge in [0.2, 0.25) is 0 Å². The number of ether oxygens (including phenoxy) is 2. The van der Waals surface area contributed by atoms with E-state index in [9.17, 15) is 22.4 Å². The fourth-order valence-corrected chi connectivity index (χ4v) is 5.94. The SMILES string of the molecule is O=C(OCC1c2ccccc2-c2ccccc21)N1C2C=C(c3ccc(OC(F)(F)F)cc3F)CC1CC2. The largest absolute Gasteiger partial charge is 0.573 e. The lowest BCUT2D eigenvalue weighted by atomic mass is 9.94. The first kappa shape index (κ1) is 23.6. The number of hydrogen-bond donors (Lipinski definition) is 0. The van der Waals surface area contributed by atoms with Gasteiger partial charge in [-0.1, -0.05) is 54.6 Å². The number of carbonyl (C=O) groups is 1. The molecule has 190 valence electrons. The molecule has 2 atom stereocenters. The van der Waals surface area contributed by atoms with Gasteiger partial charge in [-0.15, -0.1) is 13.2 Å². The number of benzene rings is 3. The van der Waals surface area contributed by atoms with Crippen LogP contribution >= 0.6 is 0 Å². The van der Waals surface area contributed by atoms with Crippen molar-refractivity contribution in [3.05, 3.63) is 95.3 Å². The normalized spacial score (nSPS) is 20.3. The Balaban J connectivity index is 1.17. The molecular formula is C29H23F4NO3. The molecular weight excluding hydrogens is 486 g/mol. The third-order valence-corrected chi connectivity index (χ3v) is 7.46. The highest BCUT2D eigenvalue weighted by molar-refractivity contribution is 5.79. The van der Waals surface area contributed by atoms with Crippen molar-refractivity contribution in [1.82, 2.24) is 4.90 Å². The van der Waals surface area contributed by atoms with Crippen LogP contribution in [0.4, 0.5) is 22.4 Å². The zero-order chi connectivity index (χ0) is 25.7. The van der Waals surface area contributed by atoms with Crippen molar-refractivity contribution in [1.29, 1.82) is 0 Å². The molecule has 2 aliphatic heterocycles. The summed E-state index contributed by atoms with van der Waals surface area (Å²) in [5.74, 6) is -1.44. The van der Waals surface area contributed by atoms with Gasteiger partial charge in [-0.3, -0.25) is 4.90 Å². The van der Waals surface area contributed by atoms with Gasteiger partial charge in [0.05, 0.1) is 6.04 Å². The second-order valence-electron chi connectivity index (χ2n) is 9.60. The smallest absolute Gasteiger partial charge is 0.448 e. The van der Waals surface area contributed by atoms with Crippen molar-refractivity contribution < 1.29 is 31.8 Å². The zero-order valence-electron chi connectivity index (χ0n) is 19.7. The summed E-state index contributed by atoms with van der Waals surface area (Å²) in [5.41, 5.74) is 5.46. The van der Waals surface area contributed by atoms with Crippen LogP contribution < -0.4 is 4.74 Å². The van der Waals surface area contributed by atoms with Crippen molar-refractivity contribution in [2.24, 2.45) is 0 Å². The van der Waals surface area contributed by atoms with Crippen LogP contribution in [0.15, 0.2) is 72.8 Å². The Morgan fingerprint density at radius 3 is 2.22 bits per heavy atom. The number of nitrogens with zero attached hydrogens (tertiary/aromatic N) is 1. The van der Waals surface area contributed by atoms with E-state index in [1.807, 2.05) is 30.3 Å². The maximum absolute atomic E-state index is 14.7. The fraction of sp³-hybridized carbons (Fsp3) is 0.276. The molecule has 0 N–H and O–H groups in total. The molecule has 1 fully saturated rings. The molecule has 0 aromatic heterocycles. The van der Waals surface area contributed by atoms with Crippen LogP contribution in [0.2, 0.25) is 0 Å². The first-order valence-electron chi connectivity index (χ1n) is 12.2. The highest BCUT2D eigenvalue weighted by atomic mass is 19.4. The minimum Gasteiger partial charge on any atom is -0.448 e. The third kappa shape index (κ3) is 4.34. The van der Waals surface area contributed by atoms with Crippen molar-refractivity contribution >= 4 is 11.7 Å². The van der Waals surface area contributed by atoms with Crippen LogP contribution in [-0.2, 0) is 4.74 Å². The highest BCUT2D eigenvalue weighted by Crippen LogP contribution is 2.45. The Morgan fingerprint density at radius 1 is 0.919 bits per heavy atom. The van der Waals surface area contributed by atoms with Gasteiger partial charge in [0.15, 0.2) is 0 Å². The minimum atomic E-state index is -4.89. The van der Waals surface area contributed by atoms with E-state index < -0.39 is 24.0 Å². The van der Waals surface area contributed by atoms with E-state index in [1.165, 1.54) is 6.07 Å². The van der Waals surface area contributed by atoms with Gasteiger partial charge in [-0.25, -0.2) is 9.18 Å². The molecule has 1 amide bonds. The van der Waals surface area contributed by atoms with Gasteiger partial charge in [0.1, 0.15) is 18.2 Å². The lowest BCUT2D eigenvalue weighted by molar-refractivity contribution is -0.274. The maximum atomic E-state index is 14.7. The van der Waals surface area contributed by atoms with Crippen LogP contribution in [0.5, 0.6) is 5.75 Å². The van der Waals surface area contributed by atoms with Crippen molar-refractivity contribution in [3.8, 4) is 16.9 Å². The molecule has 4 nitrogen and oxygen atoms in total.